The van der Waals surface area contributed by atoms with E-state index >= 15 is 0 Å². The first-order valence-corrected chi connectivity index (χ1v) is 5.29. The number of carbonyl (C=O) groups excluding carboxylic acids is 1. The van der Waals surface area contributed by atoms with Gasteiger partial charge >= 0.3 is 6.03 Å². The van der Waals surface area contributed by atoms with E-state index in [4.69, 9.17) is 5.11 Å². The van der Waals surface area contributed by atoms with E-state index in [1.165, 1.54) is 6.42 Å². The second kappa shape index (κ2) is 5.20. The molecule has 1 saturated heterocycles. The summed E-state index contributed by atoms with van der Waals surface area (Å²) in [5.74, 6) is 0. The van der Waals surface area contributed by atoms with Gasteiger partial charge in [0.05, 0.1) is 6.10 Å². The van der Waals surface area contributed by atoms with Crippen molar-refractivity contribution in [3.8, 4) is 0 Å². The predicted octanol–water partition coefficient (Wildman–Crippen LogP) is 0.905. The molecule has 0 saturated carbocycles. The van der Waals surface area contributed by atoms with Gasteiger partial charge < -0.3 is 14.9 Å². The highest BCUT2D eigenvalue weighted by atomic mass is 16.3. The summed E-state index contributed by atoms with van der Waals surface area (Å²) in [6.45, 7) is 3.83. The van der Waals surface area contributed by atoms with Crippen molar-refractivity contribution < 1.29 is 9.90 Å². The number of aliphatic hydroxyl groups excluding tert-OH is 1. The van der Waals surface area contributed by atoms with Crippen molar-refractivity contribution in [2.24, 2.45) is 0 Å². The normalized spacial score (nSPS) is 19.2. The van der Waals surface area contributed by atoms with Gasteiger partial charge in [0, 0.05) is 26.7 Å². The van der Waals surface area contributed by atoms with Gasteiger partial charge in [-0.1, -0.05) is 0 Å². The van der Waals surface area contributed by atoms with Gasteiger partial charge in [-0.2, -0.15) is 0 Å². The first-order chi connectivity index (χ1) is 6.61. The molecule has 0 aromatic heterocycles. The Balaban J connectivity index is 2.38. The molecule has 0 aliphatic carbocycles. The summed E-state index contributed by atoms with van der Waals surface area (Å²) in [5, 5.41) is 9.16. The Labute approximate surface area is 85.5 Å². The van der Waals surface area contributed by atoms with Crippen LogP contribution in [0.5, 0.6) is 0 Å². The molecule has 0 spiro atoms. The number of piperidine rings is 1. The van der Waals surface area contributed by atoms with Crippen molar-refractivity contribution in [3.05, 3.63) is 0 Å². The first kappa shape index (κ1) is 11.3. The Morgan fingerprint density at radius 2 is 2.00 bits per heavy atom. The number of amides is 2. The fraction of sp³-hybridized carbons (Fsp3) is 0.900. The maximum atomic E-state index is 11.8. The zero-order chi connectivity index (χ0) is 10.6. The van der Waals surface area contributed by atoms with Crippen LogP contribution in [0.4, 0.5) is 4.79 Å². The Kier molecular flexibility index (Phi) is 4.20. The summed E-state index contributed by atoms with van der Waals surface area (Å²) in [7, 11) is 1.74. The number of likely N-dealkylation sites (tertiary alicyclic amines) is 1. The SMILES string of the molecule is CC(O)CN(C)C(=O)N1CCCCC1. The van der Waals surface area contributed by atoms with Gasteiger partial charge in [0.1, 0.15) is 0 Å². The highest BCUT2D eigenvalue weighted by Crippen LogP contribution is 2.10. The summed E-state index contributed by atoms with van der Waals surface area (Å²) in [4.78, 5) is 15.2. The van der Waals surface area contributed by atoms with Crippen LogP contribution in [0.15, 0.2) is 0 Å². The lowest BCUT2D eigenvalue weighted by Gasteiger charge is -2.31. The van der Waals surface area contributed by atoms with Crippen molar-refractivity contribution >= 4 is 6.03 Å². The fourth-order valence-electron chi connectivity index (χ4n) is 1.80. The first-order valence-electron chi connectivity index (χ1n) is 5.29. The predicted molar refractivity (Wildman–Crippen MR) is 55.1 cm³/mol. The van der Waals surface area contributed by atoms with E-state index in [1.807, 2.05) is 4.90 Å². The number of hydrogen-bond donors (Lipinski definition) is 1. The number of hydrogen-bond acceptors (Lipinski definition) is 2. The van der Waals surface area contributed by atoms with Gasteiger partial charge in [-0.3, -0.25) is 0 Å². The minimum atomic E-state index is -0.450. The van der Waals surface area contributed by atoms with Crippen molar-refractivity contribution in [2.45, 2.75) is 32.3 Å². The molecule has 1 atom stereocenters. The smallest absolute Gasteiger partial charge is 0.319 e. The molecule has 2 amide bonds. The molecule has 1 rings (SSSR count). The van der Waals surface area contributed by atoms with Crippen LogP contribution in [0, 0.1) is 0 Å². The maximum Gasteiger partial charge on any atom is 0.319 e. The van der Waals surface area contributed by atoms with Crippen LogP contribution in [-0.2, 0) is 0 Å². The van der Waals surface area contributed by atoms with E-state index in [-0.39, 0.29) is 6.03 Å². The molecule has 14 heavy (non-hydrogen) atoms. The molecule has 0 bridgehead atoms. The fourth-order valence-corrected chi connectivity index (χ4v) is 1.80. The molecule has 1 unspecified atom stereocenters. The third-order valence-electron chi connectivity index (χ3n) is 2.49. The van der Waals surface area contributed by atoms with Crippen LogP contribution in [-0.4, -0.2) is 53.7 Å². The van der Waals surface area contributed by atoms with E-state index < -0.39 is 6.10 Å². The second-order valence-corrected chi connectivity index (χ2v) is 4.06. The minimum Gasteiger partial charge on any atom is -0.392 e. The molecule has 1 heterocycles. The number of nitrogens with zero attached hydrogens (tertiary/aromatic N) is 2. The van der Waals surface area contributed by atoms with Crippen LogP contribution in [0.1, 0.15) is 26.2 Å². The lowest BCUT2D eigenvalue weighted by Crippen LogP contribution is -2.45. The molecule has 0 radical (unpaired) electrons. The monoisotopic (exact) mass is 200 g/mol. The van der Waals surface area contributed by atoms with Crippen molar-refractivity contribution in [2.75, 3.05) is 26.7 Å². The quantitative estimate of drug-likeness (QED) is 0.720. The van der Waals surface area contributed by atoms with E-state index in [0.29, 0.717) is 6.54 Å². The highest BCUT2D eigenvalue weighted by molar-refractivity contribution is 5.74. The number of likely N-dealkylation sites (N-methyl/N-ethyl adjacent to an activating group) is 1. The maximum absolute atomic E-state index is 11.8. The van der Waals surface area contributed by atoms with Gasteiger partial charge in [0.15, 0.2) is 0 Å². The van der Waals surface area contributed by atoms with Crippen molar-refractivity contribution in [1.29, 1.82) is 0 Å². The van der Waals surface area contributed by atoms with Crippen LogP contribution in [0.25, 0.3) is 0 Å². The van der Waals surface area contributed by atoms with E-state index in [0.717, 1.165) is 25.9 Å². The lowest BCUT2D eigenvalue weighted by molar-refractivity contribution is 0.118. The summed E-state index contributed by atoms with van der Waals surface area (Å²) in [5.41, 5.74) is 0. The summed E-state index contributed by atoms with van der Waals surface area (Å²) >= 11 is 0. The molecule has 4 heteroatoms. The number of carbonyl (C=O) groups is 1. The third-order valence-corrected chi connectivity index (χ3v) is 2.49. The number of aliphatic hydroxyl groups is 1. The summed E-state index contributed by atoms with van der Waals surface area (Å²) in [6.07, 6.45) is 2.99. The standard InChI is InChI=1S/C10H20N2O2/c1-9(13)8-11(2)10(14)12-6-4-3-5-7-12/h9,13H,3-8H2,1-2H3. The third kappa shape index (κ3) is 3.18. The summed E-state index contributed by atoms with van der Waals surface area (Å²) < 4.78 is 0. The van der Waals surface area contributed by atoms with Gasteiger partial charge in [0.2, 0.25) is 0 Å². The number of urea groups is 1. The van der Waals surface area contributed by atoms with E-state index in [1.54, 1.807) is 18.9 Å². The van der Waals surface area contributed by atoms with Gasteiger partial charge in [-0.15, -0.1) is 0 Å². The van der Waals surface area contributed by atoms with Crippen LogP contribution >= 0.6 is 0 Å². The molecule has 1 N–H and O–H groups in total. The van der Waals surface area contributed by atoms with Gasteiger partial charge in [-0.05, 0) is 26.2 Å². The van der Waals surface area contributed by atoms with Crippen molar-refractivity contribution in [1.82, 2.24) is 9.80 Å². The van der Waals surface area contributed by atoms with Crippen LogP contribution in [0.2, 0.25) is 0 Å². The molecule has 82 valence electrons. The second-order valence-electron chi connectivity index (χ2n) is 4.06. The molecule has 0 aromatic carbocycles. The Morgan fingerprint density at radius 3 is 2.50 bits per heavy atom. The van der Waals surface area contributed by atoms with Crippen molar-refractivity contribution in [3.63, 3.8) is 0 Å². The molecule has 4 nitrogen and oxygen atoms in total. The highest BCUT2D eigenvalue weighted by Gasteiger charge is 2.20. The molecule has 1 aliphatic rings. The Morgan fingerprint density at radius 1 is 1.43 bits per heavy atom. The average molecular weight is 200 g/mol. The Hall–Kier alpha value is -0.770. The van der Waals surface area contributed by atoms with E-state index in [9.17, 15) is 4.79 Å². The van der Waals surface area contributed by atoms with E-state index in [2.05, 4.69) is 0 Å². The zero-order valence-electron chi connectivity index (χ0n) is 9.07. The average Bonchev–Trinajstić information content (AvgIpc) is 2.17. The minimum absolute atomic E-state index is 0.0469. The molecule has 0 aromatic rings. The molecular weight excluding hydrogens is 180 g/mol. The van der Waals surface area contributed by atoms with Crippen LogP contribution < -0.4 is 0 Å². The van der Waals surface area contributed by atoms with Gasteiger partial charge in [0.25, 0.3) is 0 Å². The topological polar surface area (TPSA) is 43.8 Å². The molecular formula is C10H20N2O2. The van der Waals surface area contributed by atoms with Gasteiger partial charge in [-0.25, -0.2) is 4.79 Å². The Bertz CT molecular complexity index is 189. The summed E-state index contributed by atoms with van der Waals surface area (Å²) in [6, 6.07) is 0.0469. The molecule has 1 aliphatic heterocycles. The zero-order valence-corrected chi connectivity index (χ0v) is 9.07. The lowest BCUT2D eigenvalue weighted by atomic mass is 10.1. The van der Waals surface area contributed by atoms with Crippen LogP contribution in [0.3, 0.4) is 0 Å². The number of rotatable bonds is 2. The molecule has 1 fully saturated rings. The largest absolute Gasteiger partial charge is 0.392 e.